The number of hydrogen-bond donors (Lipinski definition) is 1. The van der Waals surface area contributed by atoms with E-state index in [1.165, 1.54) is 11.3 Å². The summed E-state index contributed by atoms with van der Waals surface area (Å²) in [4.78, 5) is 13.8. The molecule has 0 aromatic heterocycles. The van der Waals surface area contributed by atoms with Crippen molar-refractivity contribution in [3.8, 4) is 0 Å². The van der Waals surface area contributed by atoms with Gasteiger partial charge in [0.15, 0.2) is 0 Å². The Morgan fingerprint density at radius 1 is 1.25 bits per heavy atom. The zero-order chi connectivity index (χ0) is 14.4. The Kier molecular flexibility index (Phi) is 5.41. The molecule has 0 unspecified atom stereocenters. The van der Waals surface area contributed by atoms with E-state index in [4.69, 9.17) is 4.74 Å². The number of ether oxygens (including phenoxy) is 1. The van der Waals surface area contributed by atoms with Gasteiger partial charge < -0.3 is 15.0 Å². The molecule has 1 N–H and O–H groups in total. The molecule has 20 heavy (non-hydrogen) atoms. The molecule has 110 valence electrons. The Hall–Kier alpha value is -1.55. The first-order chi connectivity index (χ1) is 9.66. The van der Waals surface area contributed by atoms with Crippen LogP contribution in [0.5, 0.6) is 0 Å². The summed E-state index contributed by atoms with van der Waals surface area (Å²) >= 11 is 0. The van der Waals surface area contributed by atoms with Crippen molar-refractivity contribution in [3.05, 3.63) is 29.8 Å². The summed E-state index contributed by atoms with van der Waals surface area (Å²) in [6, 6.07) is 8.61. The fourth-order valence-electron chi connectivity index (χ4n) is 2.23. The maximum absolute atomic E-state index is 11.5. The number of benzene rings is 1. The monoisotopic (exact) mass is 276 g/mol. The first-order valence-electron chi connectivity index (χ1n) is 7.36. The highest BCUT2D eigenvalue weighted by Crippen LogP contribution is 2.16. The minimum Gasteiger partial charge on any atom is -0.378 e. The van der Waals surface area contributed by atoms with E-state index in [0.29, 0.717) is 6.54 Å². The highest BCUT2D eigenvalue weighted by atomic mass is 16.5. The van der Waals surface area contributed by atoms with Crippen LogP contribution in [0.4, 0.5) is 5.69 Å². The van der Waals surface area contributed by atoms with Crippen molar-refractivity contribution in [2.75, 3.05) is 37.7 Å². The van der Waals surface area contributed by atoms with Crippen LogP contribution in [0, 0.1) is 5.92 Å². The number of carbonyl (C=O) groups is 1. The van der Waals surface area contributed by atoms with Crippen molar-refractivity contribution in [1.29, 1.82) is 0 Å². The molecule has 4 heteroatoms. The molecule has 0 atom stereocenters. The van der Waals surface area contributed by atoms with E-state index < -0.39 is 0 Å². The summed E-state index contributed by atoms with van der Waals surface area (Å²) in [5, 5.41) is 2.94. The molecular formula is C16H24N2O2. The zero-order valence-corrected chi connectivity index (χ0v) is 12.4. The van der Waals surface area contributed by atoms with Gasteiger partial charge in [-0.05, 0) is 24.1 Å². The van der Waals surface area contributed by atoms with Gasteiger partial charge in [-0.15, -0.1) is 0 Å². The van der Waals surface area contributed by atoms with Crippen molar-refractivity contribution in [3.63, 3.8) is 0 Å². The third-order valence-corrected chi connectivity index (χ3v) is 3.55. The second kappa shape index (κ2) is 7.29. The molecule has 1 heterocycles. The summed E-state index contributed by atoms with van der Waals surface area (Å²) in [7, 11) is 0. The van der Waals surface area contributed by atoms with Crippen molar-refractivity contribution >= 4 is 11.6 Å². The standard InChI is InChI=1S/C16H24N2O2/c1-13(2)16(19)17-8-7-14-3-5-15(6-4-14)18-9-11-20-12-10-18/h3-6,13H,7-12H2,1-2H3,(H,17,19). The normalized spacial score (nSPS) is 15.4. The lowest BCUT2D eigenvalue weighted by Gasteiger charge is -2.28. The summed E-state index contributed by atoms with van der Waals surface area (Å²) in [5.41, 5.74) is 2.51. The van der Waals surface area contributed by atoms with Crippen molar-refractivity contribution in [2.24, 2.45) is 5.92 Å². The van der Waals surface area contributed by atoms with Crippen LogP contribution in [-0.4, -0.2) is 38.8 Å². The van der Waals surface area contributed by atoms with E-state index in [9.17, 15) is 4.79 Å². The number of hydrogen-bond acceptors (Lipinski definition) is 3. The van der Waals surface area contributed by atoms with Gasteiger partial charge in [0.2, 0.25) is 5.91 Å². The Bertz CT molecular complexity index is 423. The third kappa shape index (κ3) is 4.23. The SMILES string of the molecule is CC(C)C(=O)NCCc1ccc(N2CCOCC2)cc1. The third-order valence-electron chi connectivity index (χ3n) is 3.55. The van der Waals surface area contributed by atoms with Gasteiger partial charge in [-0.25, -0.2) is 0 Å². The van der Waals surface area contributed by atoms with E-state index in [1.54, 1.807) is 0 Å². The maximum Gasteiger partial charge on any atom is 0.222 e. The molecule has 4 nitrogen and oxygen atoms in total. The number of nitrogens with zero attached hydrogens (tertiary/aromatic N) is 1. The van der Waals surface area contributed by atoms with E-state index >= 15 is 0 Å². The Balaban J connectivity index is 1.80. The van der Waals surface area contributed by atoms with Gasteiger partial charge in [0, 0.05) is 31.2 Å². The van der Waals surface area contributed by atoms with Gasteiger partial charge >= 0.3 is 0 Å². The lowest BCUT2D eigenvalue weighted by atomic mass is 10.1. The minimum atomic E-state index is 0.0543. The minimum absolute atomic E-state index is 0.0543. The molecule has 1 aliphatic heterocycles. The topological polar surface area (TPSA) is 41.6 Å². The molecule has 1 fully saturated rings. The largest absolute Gasteiger partial charge is 0.378 e. The second-order valence-corrected chi connectivity index (χ2v) is 5.46. The van der Waals surface area contributed by atoms with E-state index in [0.717, 1.165) is 32.7 Å². The van der Waals surface area contributed by atoms with Crippen LogP contribution >= 0.6 is 0 Å². The molecule has 0 saturated carbocycles. The number of anilines is 1. The van der Waals surface area contributed by atoms with Gasteiger partial charge in [0.05, 0.1) is 13.2 Å². The van der Waals surface area contributed by atoms with Crippen molar-refractivity contribution in [2.45, 2.75) is 20.3 Å². The fraction of sp³-hybridized carbons (Fsp3) is 0.562. The molecule has 1 saturated heterocycles. The number of amides is 1. The number of carbonyl (C=O) groups excluding carboxylic acids is 1. The van der Waals surface area contributed by atoms with Crippen LogP contribution in [0.1, 0.15) is 19.4 Å². The molecule has 2 rings (SSSR count). The fourth-order valence-corrected chi connectivity index (χ4v) is 2.23. The maximum atomic E-state index is 11.5. The molecule has 0 bridgehead atoms. The van der Waals surface area contributed by atoms with Crippen LogP contribution < -0.4 is 10.2 Å². The van der Waals surface area contributed by atoms with E-state index in [2.05, 4.69) is 34.5 Å². The Morgan fingerprint density at radius 3 is 2.50 bits per heavy atom. The van der Waals surface area contributed by atoms with Gasteiger partial charge in [-0.1, -0.05) is 26.0 Å². The summed E-state index contributed by atoms with van der Waals surface area (Å²) < 4.78 is 5.36. The molecule has 1 amide bonds. The zero-order valence-electron chi connectivity index (χ0n) is 12.4. The first-order valence-corrected chi connectivity index (χ1v) is 7.36. The molecule has 0 spiro atoms. The van der Waals surface area contributed by atoms with Crippen LogP contribution in [0.25, 0.3) is 0 Å². The Morgan fingerprint density at radius 2 is 1.90 bits per heavy atom. The average Bonchev–Trinajstić information content (AvgIpc) is 2.48. The highest BCUT2D eigenvalue weighted by molar-refractivity contribution is 5.77. The Labute approximate surface area is 121 Å². The molecule has 1 aromatic carbocycles. The molecule has 0 aliphatic carbocycles. The van der Waals surface area contributed by atoms with E-state index in [-0.39, 0.29) is 11.8 Å². The predicted molar refractivity (Wildman–Crippen MR) is 81.0 cm³/mol. The summed E-state index contributed by atoms with van der Waals surface area (Å²) in [5.74, 6) is 0.175. The van der Waals surface area contributed by atoms with Crippen molar-refractivity contribution < 1.29 is 9.53 Å². The first kappa shape index (κ1) is 14.9. The van der Waals surface area contributed by atoms with Crippen LogP contribution in [0.2, 0.25) is 0 Å². The number of rotatable bonds is 5. The molecule has 0 radical (unpaired) electrons. The van der Waals surface area contributed by atoms with Gasteiger partial charge in [-0.3, -0.25) is 4.79 Å². The quantitative estimate of drug-likeness (QED) is 0.892. The van der Waals surface area contributed by atoms with Crippen molar-refractivity contribution in [1.82, 2.24) is 5.32 Å². The summed E-state index contributed by atoms with van der Waals surface area (Å²) in [6.07, 6.45) is 0.877. The highest BCUT2D eigenvalue weighted by Gasteiger charge is 2.10. The average molecular weight is 276 g/mol. The molecule has 1 aromatic rings. The molecular weight excluding hydrogens is 252 g/mol. The van der Waals surface area contributed by atoms with Gasteiger partial charge in [-0.2, -0.15) is 0 Å². The lowest BCUT2D eigenvalue weighted by molar-refractivity contribution is -0.123. The smallest absolute Gasteiger partial charge is 0.222 e. The summed E-state index contributed by atoms with van der Waals surface area (Å²) in [6.45, 7) is 8.06. The predicted octanol–water partition coefficient (Wildman–Crippen LogP) is 1.84. The van der Waals surface area contributed by atoms with E-state index in [1.807, 2.05) is 13.8 Å². The van der Waals surface area contributed by atoms with Crippen LogP contribution in [0.3, 0.4) is 0 Å². The van der Waals surface area contributed by atoms with Crippen LogP contribution in [0.15, 0.2) is 24.3 Å². The van der Waals surface area contributed by atoms with Gasteiger partial charge in [0.25, 0.3) is 0 Å². The lowest BCUT2D eigenvalue weighted by Crippen LogP contribution is -2.36. The van der Waals surface area contributed by atoms with Gasteiger partial charge in [0.1, 0.15) is 0 Å². The second-order valence-electron chi connectivity index (χ2n) is 5.46. The molecule has 1 aliphatic rings. The van der Waals surface area contributed by atoms with Crippen LogP contribution in [-0.2, 0) is 16.0 Å². The number of nitrogens with one attached hydrogen (secondary N) is 1. The number of morpholine rings is 1.